The molecule has 0 bridgehead atoms. The molecule has 2 atom stereocenters. The number of rotatable bonds is 2. The van der Waals surface area contributed by atoms with E-state index in [1.807, 2.05) is 0 Å². The average Bonchev–Trinajstić information content (AvgIpc) is 2.81. The minimum atomic E-state index is -1.29. The van der Waals surface area contributed by atoms with Crippen molar-refractivity contribution in [1.29, 1.82) is 0 Å². The Balaban J connectivity index is 2.32. The Morgan fingerprint density at radius 1 is 1.41 bits per heavy atom. The molecule has 0 unspecified atom stereocenters. The fraction of sp³-hybridized carbons (Fsp3) is 0.467. The van der Waals surface area contributed by atoms with Crippen LogP contribution in [0, 0.1) is 0 Å². The zero-order chi connectivity index (χ0) is 16.5. The van der Waals surface area contributed by atoms with Gasteiger partial charge in [0.15, 0.2) is 0 Å². The molecular weight excluding hydrogens is 326 g/mol. The van der Waals surface area contributed by atoms with Crippen molar-refractivity contribution in [3.8, 4) is 0 Å². The SMILES string of the molecule is CC(C)(C)OC(=O)N1[C@@H](C(=O)[O-])CS[C@H]1c1cccc(Cl)c1. The van der Waals surface area contributed by atoms with Gasteiger partial charge in [0.25, 0.3) is 0 Å². The molecule has 2 rings (SSSR count). The molecule has 120 valence electrons. The van der Waals surface area contributed by atoms with E-state index in [-0.39, 0.29) is 5.75 Å². The molecule has 1 heterocycles. The summed E-state index contributed by atoms with van der Waals surface area (Å²) >= 11 is 7.33. The number of ether oxygens (including phenoxy) is 1. The van der Waals surface area contributed by atoms with Crippen molar-refractivity contribution < 1.29 is 19.4 Å². The maximum atomic E-state index is 12.4. The molecule has 0 spiro atoms. The van der Waals surface area contributed by atoms with E-state index < -0.39 is 29.1 Å². The highest BCUT2D eigenvalue weighted by Gasteiger charge is 2.41. The number of amides is 1. The number of hydrogen-bond donors (Lipinski definition) is 0. The summed E-state index contributed by atoms with van der Waals surface area (Å²) in [6, 6.07) is 5.98. The number of hydrogen-bond acceptors (Lipinski definition) is 5. The molecule has 1 saturated heterocycles. The van der Waals surface area contributed by atoms with Crippen LogP contribution in [-0.4, -0.2) is 34.4 Å². The number of carboxylic acids is 1. The lowest BCUT2D eigenvalue weighted by Gasteiger charge is -2.32. The Morgan fingerprint density at radius 2 is 2.09 bits per heavy atom. The highest BCUT2D eigenvalue weighted by atomic mass is 35.5. The second kappa shape index (κ2) is 6.38. The van der Waals surface area contributed by atoms with E-state index in [1.54, 1.807) is 45.0 Å². The molecule has 5 nitrogen and oxygen atoms in total. The quantitative estimate of drug-likeness (QED) is 0.825. The first kappa shape index (κ1) is 17.0. The molecule has 1 aromatic rings. The number of nitrogens with zero attached hydrogens (tertiary/aromatic N) is 1. The lowest BCUT2D eigenvalue weighted by Crippen LogP contribution is -2.50. The zero-order valence-electron chi connectivity index (χ0n) is 12.5. The molecule has 1 aliphatic heterocycles. The first-order chi connectivity index (χ1) is 10.2. The fourth-order valence-electron chi connectivity index (χ4n) is 2.14. The Kier molecular flexibility index (Phi) is 4.92. The summed E-state index contributed by atoms with van der Waals surface area (Å²) in [5, 5.41) is 11.4. The van der Waals surface area contributed by atoms with Gasteiger partial charge in [-0.3, -0.25) is 4.90 Å². The molecular formula is C15H17ClNO4S-. The van der Waals surface area contributed by atoms with E-state index >= 15 is 0 Å². The smallest absolute Gasteiger partial charge is 0.412 e. The Morgan fingerprint density at radius 3 is 2.64 bits per heavy atom. The second-order valence-corrected chi connectivity index (χ2v) is 7.51. The molecule has 1 amide bonds. The van der Waals surface area contributed by atoms with E-state index in [1.165, 1.54) is 16.7 Å². The van der Waals surface area contributed by atoms with E-state index in [0.29, 0.717) is 5.02 Å². The van der Waals surface area contributed by atoms with E-state index in [2.05, 4.69) is 0 Å². The Labute approximate surface area is 138 Å². The van der Waals surface area contributed by atoms with Crippen molar-refractivity contribution in [3.05, 3.63) is 34.9 Å². The molecule has 22 heavy (non-hydrogen) atoms. The van der Waals surface area contributed by atoms with Crippen LogP contribution in [0.15, 0.2) is 24.3 Å². The average molecular weight is 343 g/mol. The molecule has 7 heteroatoms. The van der Waals surface area contributed by atoms with Crippen LogP contribution in [0.5, 0.6) is 0 Å². The van der Waals surface area contributed by atoms with Crippen LogP contribution in [0.25, 0.3) is 0 Å². The predicted octanol–water partition coefficient (Wildman–Crippen LogP) is 2.44. The molecule has 1 aliphatic rings. The van der Waals surface area contributed by atoms with Gasteiger partial charge >= 0.3 is 6.09 Å². The van der Waals surface area contributed by atoms with Gasteiger partial charge in [-0.25, -0.2) is 4.79 Å². The maximum absolute atomic E-state index is 12.4. The van der Waals surface area contributed by atoms with Crippen LogP contribution in [-0.2, 0) is 9.53 Å². The normalized spacial score (nSPS) is 21.7. The molecule has 1 fully saturated rings. The zero-order valence-corrected chi connectivity index (χ0v) is 14.1. The van der Waals surface area contributed by atoms with Gasteiger partial charge in [0.05, 0.1) is 12.0 Å². The second-order valence-electron chi connectivity index (χ2n) is 5.96. The number of halogens is 1. The number of benzene rings is 1. The number of carbonyl (C=O) groups is 2. The summed E-state index contributed by atoms with van der Waals surface area (Å²) in [6.45, 7) is 5.20. The van der Waals surface area contributed by atoms with Crippen LogP contribution in [0.2, 0.25) is 5.02 Å². The van der Waals surface area contributed by atoms with Gasteiger partial charge in [0.2, 0.25) is 0 Å². The molecule has 1 aromatic carbocycles. The van der Waals surface area contributed by atoms with Gasteiger partial charge in [0, 0.05) is 10.8 Å². The van der Waals surface area contributed by atoms with Gasteiger partial charge in [-0.15, -0.1) is 11.8 Å². The fourth-order valence-corrected chi connectivity index (χ4v) is 3.74. The molecule has 0 aromatic heterocycles. The number of carbonyl (C=O) groups excluding carboxylic acids is 2. The standard InChI is InChI=1S/C15H18ClNO4S/c1-15(2,3)21-14(20)17-11(13(18)19)8-22-12(17)9-5-4-6-10(16)7-9/h4-7,11-12H,8H2,1-3H3,(H,18,19)/p-1/t11-,12+/m1/s1. The summed E-state index contributed by atoms with van der Waals surface area (Å²) in [6.07, 6.45) is -0.670. The summed E-state index contributed by atoms with van der Waals surface area (Å²) < 4.78 is 5.33. The van der Waals surface area contributed by atoms with Crippen molar-refractivity contribution in [2.45, 2.75) is 37.8 Å². The predicted molar refractivity (Wildman–Crippen MR) is 83.5 cm³/mol. The first-order valence-corrected chi connectivity index (χ1v) is 8.21. The number of thioether (sulfide) groups is 1. The molecule has 0 aliphatic carbocycles. The number of carboxylic acid groups (broad SMARTS) is 1. The molecule has 0 radical (unpaired) electrons. The van der Waals surface area contributed by atoms with Crippen molar-refractivity contribution in [2.75, 3.05) is 5.75 Å². The van der Waals surface area contributed by atoms with Crippen LogP contribution in [0.3, 0.4) is 0 Å². The van der Waals surface area contributed by atoms with E-state index in [0.717, 1.165) is 5.56 Å². The third-order valence-corrected chi connectivity index (χ3v) is 4.57. The van der Waals surface area contributed by atoms with Crippen LogP contribution in [0.1, 0.15) is 31.7 Å². The van der Waals surface area contributed by atoms with Crippen LogP contribution in [0.4, 0.5) is 4.79 Å². The summed E-state index contributed by atoms with van der Waals surface area (Å²) in [4.78, 5) is 25.0. The Bertz CT molecular complexity index is 587. The third-order valence-electron chi connectivity index (χ3n) is 3.01. The van der Waals surface area contributed by atoms with Crippen molar-refractivity contribution in [3.63, 3.8) is 0 Å². The lowest BCUT2D eigenvalue weighted by molar-refractivity contribution is -0.310. The van der Waals surface area contributed by atoms with Gasteiger partial charge in [-0.2, -0.15) is 0 Å². The van der Waals surface area contributed by atoms with Crippen molar-refractivity contribution in [2.24, 2.45) is 0 Å². The van der Waals surface area contributed by atoms with Gasteiger partial charge in [0.1, 0.15) is 11.0 Å². The van der Waals surface area contributed by atoms with Crippen molar-refractivity contribution >= 4 is 35.4 Å². The minimum Gasteiger partial charge on any atom is -0.548 e. The van der Waals surface area contributed by atoms with E-state index in [9.17, 15) is 14.7 Å². The van der Waals surface area contributed by atoms with Crippen molar-refractivity contribution in [1.82, 2.24) is 4.90 Å². The highest BCUT2D eigenvalue weighted by molar-refractivity contribution is 7.99. The monoisotopic (exact) mass is 342 g/mol. The van der Waals surface area contributed by atoms with Crippen LogP contribution >= 0.6 is 23.4 Å². The van der Waals surface area contributed by atoms with E-state index in [4.69, 9.17) is 16.3 Å². The van der Waals surface area contributed by atoms with Gasteiger partial charge in [-0.1, -0.05) is 23.7 Å². The van der Waals surface area contributed by atoms with Crippen LogP contribution < -0.4 is 5.11 Å². The number of aliphatic carboxylic acids is 1. The third kappa shape index (κ3) is 3.87. The Hall–Kier alpha value is -1.40. The maximum Gasteiger partial charge on any atom is 0.412 e. The summed E-state index contributed by atoms with van der Waals surface area (Å²) in [5.74, 6) is -1.04. The largest absolute Gasteiger partial charge is 0.548 e. The summed E-state index contributed by atoms with van der Waals surface area (Å²) in [7, 11) is 0. The minimum absolute atomic E-state index is 0.249. The van der Waals surface area contributed by atoms with Gasteiger partial charge < -0.3 is 14.6 Å². The lowest BCUT2D eigenvalue weighted by atomic mass is 10.2. The molecule has 0 N–H and O–H groups in total. The first-order valence-electron chi connectivity index (χ1n) is 6.78. The van der Waals surface area contributed by atoms with Gasteiger partial charge in [-0.05, 0) is 38.5 Å². The topological polar surface area (TPSA) is 69.7 Å². The summed E-state index contributed by atoms with van der Waals surface area (Å²) in [5.41, 5.74) is 0.0480. The molecule has 0 saturated carbocycles. The highest BCUT2D eigenvalue weighted by Crippen LogP contribution is 2.42.